The fourth-order valence-corrected chi connectivity index (χ4v) is 4.08. The third-order valence-electron chi connectivity index (χ3n) is 5.16. The number of nitrogens with zero attached hydrogens (tertiary/aromatic N) is 1. The second kappa shape index (κ2) is 3.22. The molecule has 16 heavy (non-hydrogen) atoms. The molecule has 1 amide bonds. The van der Waals surface area contributed by atoms with Crippen LogP contribution in [-0.2, 0) is 4.79 Å². The lowest BCUT2D eigenvalue weighted by atomic mass is 9.82. The van der Waals surface area contributed by atoms with Gasteiger partial charge in [0.1, 0.15) is 0 Å². The third-order valence-corrected chi connectivity index (χ3v) is 5.16. The minimum absolute atomic E-state index is 0.00137. The molecule has 0 radical (unpaired) electrons. The number of nitrogens with two attached hydrogens (primary N) is 1. The van der Waals surface area contributed by atoms with Crippen molar-refractivity contribution in [2.75, 3.05) is 6.54 Å². The van der Waals surface area contributed by atoms with E-state index in [1.807, 2.05) is 0 Å². The standard InChI is InChI=1S/C13H22N2O/c1-10-3-2-8-15(10)11(16)12-4-6-13(14,9-12)7-5-12/h10H,2-9,14H2,1H3. The number of likely N-dealkylation sites (tertiary alicyclic amines) is 1. The molecule has 0 spiro atoms. The fraction of sp³-hybridized carbons (Fsp3) is 0.923. The van der Waals surface area contributed by atoms with Crippen LogP contribution in [0.5, 0.6) is 0 Å². The number of hydrogen-bond acceptors (Lipinski definition) is 2. The van der Waals surface area contributed by atoms with Gasteiger partial charge in [0, 0.05) is 18.1 Å². The molecule has 3 aliphatic rings. The summed E-state index contributed by atoms with van der Waals surface area (Å²) in [5.74, 6) is 0.419. The van der Waals surface area contributed by atoms with Crippen LogP contribution in [0.1, 0.15) is 51.9 Å². The van der Waals surface area contributed by atoms with E-state index in [2.05, 4.69) is 11.8 Å². The number of carbonyl (C=O) groups is 1. The molecule has 1 aliphatic heterocycles. The van der Waals surface area contributed by atoms with Crippen molar-refractivity contribution >= 4 is 5.91 Å². The SMILES string of the molecule is CC1CCCN1C(=O)C12CCC(N)(CC1)C2. The normalized spacial score (nSPS) is 46.6. The third kappa shape index (κ3) is 1.33. The topological polar surface area (TPSA) is 46.3 Å². The second-order valence-corrected chi connectivity index (χ2v) is 6.31. The first-order valence-electron chi connectivity index (χ1n) is 6.65. The molecule has 3 heteroatoms. The van der Waals surface area contributed by atoms with Gasteiger partial charge >= 0.3 is 0 Å². The van der Waals surface area contributed by atoms with Gasteiger partial charge in [-0.2, -0.15) is 0 Å². The highest BCUT2D eigenvalue weighted by atomic mass is 16.2. The van der Waals surface area contributed by atoms with Crippen LogP contribution in [-0.4, -0.2) is 28.9 Å². The molecule has 0 aromatic carbocycles. The van der Waals surface area contributed by atoms with Gasteiger partial charge in [0.15, 0.2) is 0 Å². The Kier molecular flexibility index (Phi) is 2.13. The summed E-state index contributed by atoms with van der Waals surface area (Å²) in [5, 5.41) is 0. The quantitative estimate of drug-likeness (QED) is 0.733. The van der Waals surface area contributed by atoms with Crippen molar-refractivity contribution in [3.05, 3.63) is 0 Å². The molecule has 2 aliphatic carbocycles. The predicted octanol–water partition coefficient (Wildman–Crippen LogP) is 1.66. The van der Waals surface area contributed by atoms with Gasteiger partial charge in [0.25, 0.3) is 0 Å². The Hall–Kier alpha value is -0.570. The highest BCUT2D eigenvalue weighted by Gasteiger charge is 2.57. The molecule has 1 atom stereocenters. The summed E-state index contributed by atoms with van der Waals surface area (Å²) in [6, 6.07) is 0.454. The van der Waals surface area contributed by atoms with Crippen molar-refractivity contribution in [1.82, 2.24) is 4.90 Å². The summed E-state index contributed by atoms with van der Waals surface area (Å²) in [6.45, 7) is 3.15. The van der Waals surface area contributed by atoms with Gasteiger partial charge in [-0.05, 0) is 51.9 Å². The molecule has 0 aromatic heterocycles. The molecule has 3 nitrogen and oxygen atoms in total. The highest BCUT2D eigenvalue weighted by molar-refractivity contribution is 5.84. The number of amides is 1. The molecule has 1 saturated heterocycles. The summed E-state index contributed by atoms with van der Waals surface area (Å²) in [7, 11) is 0. The number of carbonyl (C=O) groups excluding carboxylic acids is 1. The van der Waals surface area contributed by atoms with Crippen molar-refractivity contribution < 1.29 is 4.79 Å². The van der Waals surface area contributed by atoms with Gasteiger partial charge in [0.05, 0.1) is 5.41 Å². The van der Waals surface area contributed by atoms with E-state index in [-0.39, 0.29) is 11.0 Å². The lowest BCUT2D eigenvalue weighted by Crippen LogP contribution is -2.43. The van der Waals surface area contributed by atoms with Crippen molar-refractivity contribution in [1.29, 1.82) is 0 Å². The zero-order chi connectivity index (χ0) is 11.4. The van der Waals surface area contributed by atoms with E-state index in [1.165, 1.54) is 12.8 Å². The first-order chi connectivity index (χ1) is 7.55. The zero-order valence-electron chi connectivity index (χ0n) is 10.2. The van der Waals surface area contributed by atoms with Gasteiger partial charge in [-0.15, -0.1) is 0 Å². The molecular formula is C13H22N2O. The van der Waals surface area contributed by atoms with E-state index in [4.69, 9.17) is 5.73 Å². The molecule has 3 fully saturated rings. The van der Waals surface area contributed by atoms with E-state index in [9.17, 15) is 4.79 Å². The molecule has 1 heterocycles. The highest BCUT2D eigenvalue weighted by Crippen LogP contribution is 2.56. The van der Waals surface area contributed by atoms with Gasteiger partial charge < -0.3 is 10.6 Å². The molecule has 2 bridgehead atoms. The van der Waals surface area contributed by atoms with Crippen LogP contribution in [0.25, 0.3) is 0 Å². The van der Waals surface area contributed by atoms with Crippen LogP contribution in [0, 0.1) is 5.41 Å². The Bertz CT molecular complexity index is 318. The van der Waals surface area contributed by atoms with E-state index in [0.717, 1.165) is 38.6 Å². The summed E-state index contributed by atoms with van der Waals surface area (Å²) >= 11 is 0. The lowest BCUT2D eigenvalue weighted by Gasteiger charge is -2.32. The number of rotatable bonds is 1. The summed E-state index contributed by atoms with van der Waals surface area (Å²) < 4.78 is 0. The molecule has 1 unspecified atom stereocenters. The van der Waals surface area contributed by atoms with Gasteiger partial charge in [-0.25, -0.2) is 0 Å². The van der Waals surface area contributed by atoms with Crippen molar-refractivity contribution in [3.63, 3.8) is 0 Å². The van der Waals surface area contributed by atoms with Crippen molar-refractivity contribution in [2.24, 2.45) is 11.1 Å². The Morgan fingerprint density at radius 3 is 2.44 bits per heavy atom. The molecule has 3 rings (SSSR count). The van der Waals surface area contributed by atoms with Crippen LogP contribution in [0.3, 0.4) is 0 Å². The molecule has 0 aromatic rings. The summed E-state index contributed by atoms with van der Waals surface area (Å²) in [6.07, 6.45) is 7.48. The minimum atomic E-state index is -0.0622. The number of hydrogen-bond donors (Lipinski definition) is 1. The van der Waals surface area contributed by atoms with Gasteiger partial charge in [-0.1, -0.05) is 0 Å². The largest absolute Gasteiger partial charge is 0.340 e. The summed E-state index contributed by atoms with van der Waals surface area (Å²) in [5.41, 5.74) is 6.22. The van der Waals surface area contributed by atoms with Gasteiger partial charge in [-0.3, -0.25) is 4.79 Å². The van der Waals surface area contributed by atoms with E-state index >= 15 is 0 Å². The first-order valence-corrected chi connectivity index (χ1v) is 6.65. The maximum Gasteiger partial charge on any atom is 0.229 e. The molecular weight excluding hydrogens is 200 g/mol. The maximum atomic E-state index is 12.7. The Morgan fingerprint density at radius 2 is 2.00 bits per heavy atom. The monoisotopic (exact) mass is 222 g/mol. The van der Waals surface area contributed by atoms with Crippen molar-refractivity contribution in [2.45, 2.75) is 63.5 Å². The number of fused-ring (bicyclic) bond motifs is 2. The molecule has 2 saturated carbocycles. The minimum Gasteiger partial charge on any atom is -0.340 e. The Balaban J connectivity index is 1.81. The first kappa shape index (κ1) is 10.6. The average Bonchev–Trinajstić information content (AvgIpc) is 2.90. The second-order valence-electron chi connectivity index (χ2n) is 6.31. The average molecular weight is 222 g/mol. The Labute approximate surface area is 97.4 Å². The smallest absolute Gasteiger partial charge is 0.229 e. The van der Waals surface area contributed by atoms with Crippen LogP contribution < -0.4 is 5.73 Å². The molecule has 90 valence electrons. The van der Waals surface area contributed by atoms with Crippen LogP contribution in [0.2, 0.25) is 0 Å². The van der Waals surface area contributed by atoms with Crippen LogP contribution in [0.4, 0.5) is 0 Å². The van der Waals surface area contributed by atoms with E-state index in [0.29, 0.717) is 11.9 Å². The van der Waals surface area contributed by atoms with Crippen molar-refractivity contribution in [3.8, 4) is 0 Å². The zero-order valence-corrected chi connectivity index (χ0v) is 10.2. The van der Waals surface area contributed by atoms with E-state index < -0.39 is 0 Å². The van der Waals surface area contributed by atoms with Gasteiger partial charge in [0.2, 0.25) is 5.91 Å². The summed E-state index contributed by atoms with van der Waals surface area (Å²) in [4.78, 5) is 14.8. The van der Waals surface area contributed by atoms with E-state index in [1.54, 1.807) is 0 Å². The maximum absolute atomic E-state index is 12.7. The molecule has 2 N–H and O–H groups in total. The fourth-order valence-electron chi connectivity index (χ4n) is 4.08. The van der Waals surface area contributed by atoms with Crippen LogP contribution in [0.15, 0.2) is 0 Å². The Morgan fingerprint density at radius 1 is 1.31 bits per heavy atom. The predicted molar refractivity (Wildman–Crippen MR) is 62.8 cm³/mol. The van der Waals surface area contributed by atoms with Crippen LogP contribution >= 0.6 is 0 Å². The lowest BCUT2D eigenvalue weighted by molar-refractivity contribution is -0.142.